The molecule has 0 atom stereocenters. The second-order valence-electron chi connectivity index (χ2n) is 0.448. The van der Waals surface area contributed by atoms with E-state index in [0.717, 1.165) is 0 Å². The van der Waals surface area contributed by atoms with E-state index in [0.29, 0.717) is 0 Å². The first-order chi connectivity index (χ1) is 2.00. The van der Waals surface area contributed by atoms with Gasteiger partial charge in [0.25, 0.3) is 0 Å². The van der Waals surface area contributed by atoms with E-state index >= 15 is 0 Å². The maximum Gasteiger partial charge on any atom is 0.394 e. The smallest absolute Gasteiger partial charge is 0.264 e. The number of hydrogen-bond acceptors (Lipinski definition) is 2. The van der Waals surface area contributed by atoms with Gasteiger partial charge in [0, 0.05) is 24.4 Å². The van der Waals surface area contributed by atoms with Crippen molar-refractivity contribution in [1.82, 2.24) is 0 Å². The minimum atomic E-state index is -4.67. The van der Waals surface area contributed by atoms with Crippen LogP contribution < -0.4 is 0 Å². The minimum Gasteiger partial charge on any atom is -0.264 e. The summed E-state index contributed by atoms with van der Waals surface area (Å²) in [5.74, 6) is 0. The van der Waals surface area contributed by atoms with Crippen LogP contribution in [-0.2, 0) is 10.4 Å². The molecule has 2 N–H and O–H groups in total. The molecule has 0 heterocycles. The van der Waals surface area contributed by atoms with Crippen molar-refractivity contribution in [3.63, 3.8) is 0 Å². The maximum absolute atomic E-state index is 8.74. The second kappa shape index (κ2) is 2.79. The molecule has 0 aromatic heterocycles. The molecule has 0 rings (SSSR count). The molecule has 0 spiro atoms. The van der Waals surface area contributed by atoms with Crippen LogP contribution in [0.1, 0.15) is 0 Å². The van der Waals surface area contributed by atoms with Crippen LogP contribution in [-0.4, -0.2) is 42.0 Å². The molecule has 0 aliphatic rings. The summed E-state index contributed by atoms with van der Waals surface area (Å²) in [4.78, 5) is 0. The summed E-state index contributed by atoms with van der Waals surface area (Å²) in [5.41, 5.74) is 0. The summed E-state index contributed by atoms with van der Waals surface area (Å²) < 4.78 is 31.6. The van der Waals surface area contributed by atoms with Crippen molar-refractivity contribution in [3.8, 4) is 0 Å². The SMILES string of the molecule is O=S(=O)(O)O.[Sb]. The van der Waals surface area contributed by atoms with Crippen LogP contribution in [0, 0.1) is 0 Å². The molecular weight excluding hydrogens is 218 g/mol. The first-order valence-electron chi connectivity index (χ1n) is 0.698. The van der Waals surface area contributed by atoms with Crippen LogP contribution in [0.3, 0.4) is 0 Å². The Hall–Kier alpha value is 0.688. The Bertz CT molecular complexity index is 90.7. The van der Waals surface area contributed by atoms with E-state index in [-0.39, 0.29) is 24.4 Å². The molecule has 0 aromatic carbocycles. The third kappa shape index (κ3) is 135. The van der Waals surface area contributed by atoms with Crippen molar-refractivity contribution in [2.75, 3.05) is 0 Å². The summed E-state index contributed by atoms with van der Waals surface area (Å²) in [5, 5.41) is 0. The van der Waals surface area contributed by atoms with Gasteiger partial charge in [0.1, 0.15) is 0 Å². The molecule has 6 heteroatoms. The fourth-order valence-electron chi connectivity index (χ4n) is 0. The van der Waals surface area contributed by atoms with Gasteiger partial charge in [-0.05, 0) is 0 Å². The predicted molar refractivity (Wildman–Crippen MR) is 19.9 cm³/mol. The molecule has 3 radical (unpaired) electrons. The van der Waals surface area contributed by atoms with Gasteiger partial charge in [-0.25, -0.2) is 0 Å². The van der Waals surface area contributed by atoms with Crippen molar-refractivity contribution in [1.29, 1.82) is 0 Å². The average Bonchev–Trinajstić information content (AvgIpc) is 0.722. The van der Waals surface area contributed by atoms with Gasteiger partial charge in [-0.3, -0.25) is 9.11 Å². The fourth-order valence-corrected chi connectivity index (χ4v) is 0. The minimum absolute atomic E-state index is 0. The molecule has 0 fully saturated rings. The third-order valence-electron chi connectivity index (χ3n) is 0. The van der Waals surface area contributed by atoms with Gasteiger partial charge >= 0.3 is 10.4 Å². The molecule has 0 unspecified atom stereocenters. The van der Waals surface area contributed by atoms with E-state index < -0.39 is 10.4 Å². The normalized spacial score (nSPS) is 9.67. The zero-order valence-electron chi connectivity index (χ0n) is 2.57. The van der Waals surface area contributed by atoms with E-state index in [4.69, 9.17) is 17.5 Å². The van der Waals surface area contributed by atoms with Gasteiger partial charge in [-0.15, -0.1) is 0 Å². The van der Waals surface area contributed by atoms with Crippen LogP contribution in [0.25, 0.3) is 0 Å². The standard InChI is InChI=1S/H2O4S.Sb/c1-5(2,3)4;/h(H2,1,2,3,4);. The zero-order valence-corrected chi connectivity index (χ0v) is 5.94. The Kier molecular flexibility index (Phi) is 4.59. The van der Waals surface area contributed by atoms with Crippen LogP contribution in [0.5, 0.6) is 0 Å². The van der Waals surface area contributed by atoms with E-state index in [1.54, 1.807) is 0 Å². The van der Waals surface area contributed by atoms with Crippen molar-refractivity contribution >= 4 is 34.8 Å². The Labute approximate surface area is 52.6 Å². The van der Waals surface area contributed by atoms with E-state index in [2.05, 4.69) is 0 Å². The van der Waals surface area contributed by atoms with E-state index in [9.17, 15) is 0 Å². The van der Waals surface area contributed by atoms with Gasteiger partial charge < -0.3 is 0 Å². The first-order valence-corrected chi connectivity index (χ1v) is 2.10. The van der Waals surface area contributed by atoms with Crippen molar-refractivity contribution < 1.29 is 17.5 Å². The number of rotatable bonds is 0. The third-order valence-corrected chi connectivity index (χ3v) is 0. The van der Waals surface area contributed by atoms with Crippen LogP contribution in [0.4, 0.5) is 0 Å². The number of hydrogen-bond donors (Lipinski definition) is 2. The molecule has 6 heavy (non-hydrogen) atoms. The van der Waals surface area contributed by atoms with E-state index in [1.165, 1.54) is 0 Å². The van der Waals surface area contributed by atoms with Crippen molar-refractivity contribution in [3.05, 3.63) is 0 Å². The molecule has 37 valence electrons. The van der Waals surface area contributed by atoms with Crippen molar-refractivity contribution in [2.24, 2.45) is 0 Å². The summed E-state index contributed by atoms with van der Waals surface area (Å²) in [6.45, 7) is 0. The van der Waals surface area contributed by atoms with E-state index in [1.807, 2.05) is 0 Å². The monoisotopic (exact) mass is 219 g/mol. The van der Waals surface area contributed by atoms with Gasteiger partial charge in [-0.1, -0.05) is 0 Å². The topological polar surface area (TPSA) is 74.6 Å². The van der Waals surface area contributed by atoms with Gasteiger partial charge in [0.2, 0.25) is 0 Å². The zero-order chi connectivity index (χ0) is 4.50. The predicted octanol–water partition coefficient (Wildman–Crippen LogP) is -1.03. The molecule has 4 nitrogen and oxygen atoms in total. The molecular formula is H2O4SSb. The molecule has 0 saturated carbocycles. The van der Waals surface area contributed by atoms with Crippen LogP contribution >= 0.6 is 0 Å². The quantitative estimate of drug-likeness (QED) is 0.404. The Balaban J connectivity index is 0. The second-order valence-corrected chi connectivity index (χ2v) is 1.34. The summed E-state index contributed by atoms with van der Waals surface area (Å²) in [7, 11) is -4.67. The molecule has 0 amide bonds. The summed E-state index contributed by atoms with van der Waals surface area (Å²) in [6, 6.07) is 0. The van der Waals surface area contributed by atoms with Crippen LogP contribution in [0.2, 0.25) is 0 Å². The van der Waals surface area contributed by atoms with Gasteiger partial charge in [0.05, 0.1) is 0 Å². The average molecular weight is 220 g/mol. The molecule has 0 aliphatic carbocycles. The summed E-state index contributed by atoms with van der Waals surface area (Å²) in [6.07, 6.45) is 0. The molecule has 0 aromatic rings. The maximum atomic E-state index is 8.74. The molecule has 0 bridgehead atoms. The summed E-state index contributed by atoms with van der Waals surface area (Å²) >= 11 is 0. The van der Waals surface area contributed by atoms with Gasteiger partial charge in [-0.2, -0.15) is 8.42 Å². The Morgan fingerprint density at radius 3 is 1.17 bits per heavy atom. The Morgan fingerprint density at radius 2 is 1.17 bits per heavy atom. The fraction of sp³-hybridized carbons (Fsp3) is 0. The van der Waals surface area contributed by atoms with Crippen molar-refractivity contribution in [2.45, 2.75) is 0 Å². The first kappa shape index (κ1) is 9.85. The molecule has 0 aliphatic heterocycles. The Morgan fingerprint density at radius 1 is 1.17 bits per heavy atom. The largest absolute Gasteiger partial charge is 0.394 e. The van der Waals surface area contributed by atoms with Gasteiger partial charge in [0.15, 0.2) is 0 Å². The molecule has 0 saturated heterocycles. The van der Waals surface area contributed by atoms with Crippen LogP contribution in [0.15, 0.2) is 0 Å².